The number of hydrogen-bond donors (Lipinski definition) is 5. The van der Waals surface area contributed by atoms with Gasteiger partial charge in [-0.3, -0.25) is 14.4 Å². The molecule has 118 valence electrons. The quantitative estimate of drug-likeness (QED) is 0.339. The molecular weight excluding hydrogens is 303 g/mol. The Morgan fingerprint density at radius 3 is 1.73 bits per heavy atom. The van der Waals surface area contributed by atoms with Crippen LogP contribution in [-0.4, -0.2) is 45.3 Å². The van der Waals surface area contributed by atoms with Crippen molar-refractivity contribution < 1.29 is 60.7 Å². The minimum absolute atomic E-state index is 0. The average molecular weight is 322 g/mol. The molecule has 1 aromatic rings. The monoisotopic (exact) mass is 322 g/mol. The second-order valence-electron chi connectivity index (χ2n) is 4.18. The minimum atomic E-state index is -1.29. The first-order valence-corrected chi connectivity index (χ1v) is 5.96. The average Bonchev–Trinajstić information content (AvgIpc) is 2.39. The molecule has 0 bridgehead atoms. The van der Waals surface area contributed by atoms with E-state index >= 15 is 0 Å². The van der Waals surface area contributed by atoms with E-state index in [-0.39, 0.29) is 31.0 Å². The summed E-state index contributed by atoms with van der Waals surface area (Å²) in [5, 5.41) is 24.6. The van der Waals surface area contributed by atoms with Crippen molar-refractivity contribution >= 4 is 17.9 Å². The smallest absolute Gasteiger partial charge is 1.00 e. The first-order valence-electron chi connectivity index (χ1n) is 5.96. The van der Waals surface area contributed by atoms with Crippen LogP contribution in [-0.2, 0) is 20.8 Å². The summed E-state index contributed by atoms with van der Waals surface area (Å²) in [6.07, 6.45) is -0.147. The predicted molar refractivity (Wildman–Crippen MR) is 74.7 cm³/mol. The summed E-state index contributed by atoms with van der Waals surface area (Å²) in [5.74, 6) is -3.46. The SMILES string of the molecule is N[C@@H](CC(=O)O)C(=O)O.N[C@@H](Cc1ccccc1)C(=O)O.[H-].[Na+]. The molecule has 0 aliphatic heterocycles. The number of hydrogen-bond acceptors (Lipinski definition) is 5. The molecule has 0 aliphatic rings. The molecule has 9 heteroatoms. The van der Waals surface area contributed by atoms with Crippen molar-refractivity contribution in [1.82, 2.24) is 0 Å². The van der Waals surface area contributed by atoms with Gasteiger partial charge in [0, 0.05) is 0 Å². The van der Waals surface area contributed by atoms with E-state index < -0.39 is 36.4 Å². The van der Waals surface area contributed by atoms with Crippen molar-refractivity contribution in [3.05, 3.63) is 35.9 Å². The number of carboxylic acid groups (broad SMARTS) is 3. The van der Waals surface area contributed by atoms with Gasteiger partial charge in [0.25, 0.3) is 0 Å². The van der Waals surface area contributed by atoms with Gasteiger partial charge in [-0.15, -0.1) is 0 Å². The van der Waals surface area contributed by atoms with E-state index in [1.54, 1.807) is 0 Å². The van der Waals surface area contributed by atoms with E-state index in [2.05, 4.69) is 0 Å². The van der Waals surface area contributed by atoms with Crippen LogP contribution in [0.2, 0.25) is 0 Å². The summed E-state index contributed by atoms with van der Waals surface area (Å²) < 4.78 is 0. The van der Waals surface area contributed by atoms with Crippen LogP contribution in [0.15, 0.2) is 30.3 Å². The maximum atomic E-state index is 10.4. The Balaban J connectivity index is -0.000000332. The maximum absolute atomic E-state index is 10.4. The Morgan fingerprint density at radius 1 is 0.955 bits per heavy atom. The molecule has 2 atom stereocenters. The van der Waals surface area contributed by atoms with Crippen molar-refractivity contribution in [2.75, 3.05) is 0 Å². The van der Waals surface area contributed by atoms with E-state index in [1.165, 1.54) is 0 Å². The molecule has 1 aromatic carbocycles. The first-order chi connectivity index (χ1) is 9.73. The predicted octanol–water partition coefficient (Wildman–Crippen LogP) is -3.37. The zero-order valence-electron chi connectivity index (χ0n) is 13.2. The van der Waals surface area contributed by atoms with Gasteiger partial charge in [0.2, 0.25) is 0 Å². The van der Waals surface area contributed by atoms with Crippen LogP contribution in [0.1, 0.15) is 13.4 Å². The van der Waals surface area contributed by atoms with Gasteiger partial charge < -0.3 is 28.2 Å². The third-order valence-corrected chi connectivity index (χ3v) is 2.33. The van der Waals surface area contributed by atoms with Gasteiger partial charge in [0.1, 0.15) is 12.1 Å². The third kappa shape index (κ3) is 11.2. The molecule has 22 heavy (non-hydrogen) atoms. The largest absolute Gasteiger partial charge is 1.00 e. The van der Waals surface area contributed by atoms with Crippen LogP contribution < -0.4 is 41.0 Å². The van der Waals surface area contributed by atoms with Crippen molar-refractivity contribution in [1.29, 1.82) is 0 Å². The summed E-state index contributed by atoms with van der Waals surface area (Å²) in [6, 6.07) is 7.25. The van der Waals surface area contributed by atoms with E-state index in [0.717, 1.165) is 5.56 Å². The van der Waals surface area contributed by atoms with Gasteiger partial charge in [-0.1, -0.05) is 30.3 Å². The second kappa shape index (κ2) is 12.1. The minimum Gasteiger partial charge on any atom is -1.00 e. The van der Waals surface area contributed by atoms with E-state index in [1.807, 2.05) is 30.3 Å². The summed E-state index contributed by atoms with van der Waals surface area (Å²) in [5.41, 5.74) is 11.1. The van der Waals surface area contributed by atoms with Gasteiger partial charge in [0.15, 0.2) is 0 Å². The zero-order valence-corrected chi connectivity index (χ0v) is 14.2. The number of rotatable bonds is 6. The fourth-order valence-corrected chi connectivity index (χ4v) is 1.23. The Labute approximate surface area is 150 Å². The molecule has 0 aliphatic carbocycles. The van der Waals surface area contributed by atoms with Gasteiger partial charge in [-0.2, -0.15) is 0 Å². The molecule has 8 nitrogen and oxygen atoms in total. The summed E-state index contributed by atoms with van der Waals surface area (Å²) >= 11 is 0. The molecule has 1 rings (SSSR count). The molecule has 0 fully saturated rings. The normalized spacial score (nSPS) is 11.9. The molecule has 0 unspecified atom stereocenters. The van der Waals surface area contributed by atoms with E-state index in [9.17, 15) is 14.4 Å². The first kappa shape index (κ1) is 22.8. The molecule has 0 radical (unpaired) electrons. The third-order valence-electron chi connectivity index (χ3n) is 2.33. The van der Waals surface area contributed by atoms with E-state index in [0.29, 0.717) is 6.42 Å². The Morgan fingerprint density at radius 2 is 1.41 bits per heavy atom. The number of carbonyl (C=O) groups is 3. The van der Waals surface area contributed by atoms with Crippen LogP contribution in [0, 0.1) is 0 Å². The zero-order chi connectivity index (χ0) is 16.4. The molecular formula is C13H19N2NaO6. The molecule has 0 saturated carbocycles. The Hall–Kier alpha value is -1.45. The van der Waals surface area contributed by atoms with Gasteiger partial charge in [0.05, 0.1) is 6.42 Å². The van der Waals surface area contributed by atoms with Crippen LogP contribution >= 0.6 is 0 Å². The summed E-state index contributed by atoms with van der Waals surface area (Å²) in [6.45, 7) is 0. The second-order valence-corrected chi connectivity index (χ2v) is 4.18. The summed E-state index contributed by atoms with van der Waals surface area (Å²) in [4.78, 5) is 30.0. The fraction of sp³-hybridized carbons (Fsp3) is 0.308. The van der Waals surface area contributed by atoms with Gasteiger partial charge >= 0.3 is 47.5 Å². The van der Waals surface area contributed by atoms with Crippen LogP contribution in [0.25, 0.3) is 0 Å². The van der Waals surface area contributed by atoms with Crippen LogP contribution in [0.5, 0.6) is 0 Å². The Kier molecular flexibility index (Phi) is 12.6. The summed E-state index contributed by atoms with van der Waals surface area (Å²) in [7, 11) is 0. The van der Waals surface area contributed by atoms with Gasteiger partial charge in [-0.05, 0) is 12.0 Å². The van der Waals surface area contributed by atoms with Crippen LogP contribution in [0.4, 0.5) is 0 Å². The van der Waals surface area contributed by atoms with Crippen molar-refractivity contribution in [3.63, 3.8) is 0 Å². The van der Waals surface area contributed by atoms with Crippen molar-refractivity contribution in [3.8, 4) is 0 Å². The molecule has 0 aromatic heterocycles. The van der Waals surface area contributed by atoms with Crippen molar-refractivity contribution in [2.45, 2.75) is 24.9 Å². The molecule has 0 spiro atoms. The van der Waals surface area contributed by atoms with Gasteiger partial charge in [-0.25, -0.2) is 0 Å². The Bertz CT molecular complexity index is 489. The van der Waals surface area contributed by atoms with Crippen molar-refractivity contribution in [2.24, 2.45) is 11.5 Å². The topological polar surface area (TPSA) is 164 Å². The molecule has 0 amide bonds. The fourth-order valence-electron chi connectivity index (χ4n) is 1.23. The number of aliphatic carboxylic acids is 3. The number of carboxylic acids is 3. The molecule has 7 N–H and O–H groups in total. The maximum Gasteiger partial charge on any atom is 1.00 e. The molecule has 0 saturated heterocycles. The number of benzene rings is 1. The van der Waals surface area contributed by atoms with Crippen LogP contribution in [0.3, 0.4) is 0 Å². The number of nitrogens with two attached hydrogens (primary N) is 2. The standard InChI is InChI=1S/C9H11NO2.C4H7NO4.Na.H/c10-8(9(11)12)6-7-4-2-1-3-5-7;5-2(4(8)9)1-3(6)7;;/h1-5,8H,6,10H2,(H,11,12);2H,1,5H2,(H,6,7)(H,8,9);;/q;;+1;-1/t8-;2-;;/m00../s1. The van der Waals surface area contributed by atoms with E-state index in [4.69, 9.17) is 26.8 Å². The molecule has 0 heterocycles.